The van der Waals surface area contributed by atoms with Crippen molar-refractivity contribution in [1.29, 1.82) is 5.26 Å². The van der Waals surface area contributed by atoms with Crippen LogP contribution in [0.3, 0.4) is 0 Å². The first-order valence-electron chi connectivity index (χ1n) is 8.67. The van der Waals surface area contributed by atoms with E-state index in [-0.39, 0.29) is 13.2 Å². The van der Waals surface area contributed by atoms with E-state index in [4.69, 9.17) is 49.6 Å². The molecule has 0 heterocycles. The van der Waals surface area contributed by atoms with Crippen molar-refractivity contribution in [3.8, 4) is 11.8 Å². The van der Waals surface area contributed by atoms with Gasteiger partial charge in [0, 0.05) is 5.56 Å². The Bertz CT molecular complexity index is 1110. The molecule has 0 atom stereocenters. The summed E-state index contributed by atoms with van der Waals surface area (Å²) in [7, 11) is 0. The van der Waals surface area contributed by atoms with Crippen LogP contribution < -0.4 is 4.74 Å². The molecule has 152 valence electrons. The zero-order valence-corrected chi connectivity index (χ0v) is 19.3. The van der Waals surface area contributed by atoms with Gasteiger partial charge in [0.05, 0.1) is 37.4 Å². The number of ether oxygens (including phenoxy) is 1. The van der Waals surface area contributed by atoms with Crippen LogP contribution in [0.5, 0.6) is 5.75 Å². The van der Waals surface area contributed by atoms with E-state index in [2.05, 4.69) is 27.2 Å². The fraction of sp³-hybridized carbons (Fsp3) is 0.0909. The Labute approximate surface area is 197 Å². The van der Waals surface area contributed by atoms with Crippen molar-refractivity contribution in [2.75, 3.05) is 0 Å². The van der Waals surface area contributed by atoms with Gasteiger partial charge in [-0.3, -0.25) is 0 Å². The van der Waals surface area contributed by atoms with Crippen molar-refractivity contribution in [3.05, 3.63) is 96.4 Å². The van der Waals surface area contributed by atoms with Gasteiger partial charge in [-0.25, -0.2) is 0 Å². The van der Waals surface area contributed by atoms with Crippen LogP contribution >= 0.6 is 50.7 Å². The predicted molar refractivity (Wildman–Crippen MR) is 123 cm³/mol. The van der Waals surface area contributed by atoms with E-state index in [1.165, 1.54) is 6.21 Å². The van der Waals surface area contributed by atoms with Gasteiger partial charge in [-0.1, -0.05) is 64.2 Å². The summed E-state index contributed by atoms with van der Waals surface area (Å²) in [4.78, 5) is 5.31. The number of nitriles is 1. The van der Waals surface area contributed by atoms with Gasteiger partial charge in [-0.05, 0) is 57.4 Å². The summed E-state index contributed by atoms with van der Waals surface area (Å²) in [5, 5.41) is 14.4. The number of halogens is 4. The third-order valence-electron chi connectivity index (χ3n) is 4.02. The van der Waals surface area contributed by atoms with E-state index in [0.717, 1.165) is 16.7 Å². The van der Waals surface area contributed by atoms with Crippen LogP contribution in [0.1, 0.15) is 22.3 Å². The highest BCUT2D eigenvalue weighted by Crippen LogP contribution is 2.35. The van der Waals surface area contributed by atoms with Crippen LogP contribution in [0.2, 0.25) is 15.1 Å². The smallest absolute Gasteiger partial charge is 0.152 e. The summed E-state index contributed by atoms with van der Waals surface area (Å²) in [5.41, 5.74) is 2.91. The van der Waals surface area contributed by atoms with E-state index in [9.17, 15) is 0 Å². The lowest BCUT2D eigenvalue weighted by Crippen LogP contribution is -1.98. The van der Waals surface area contributed by atoms with Gasteiger partial charge in [-0.15, -0.1) is 0 Å². The standard InChI is InChI=1S/C22H14BrCl3N2O2/c23-18-7-15(11-28-30-13-17-4-2-1-3-16(17)10-27)9-21(26)22(18)29-12-14-5-6-19(24)20(25)8-14/h1-9,11H,12-13H2/b28-11-. The molecule has 3 aromatic rings. The van der Waals surface area contributed by atoms with Gasteiger partial charge in [0.2, 0.25) is 0 Å². The lowest BCUT2D eigenvalue weighted by molar-refractivity contribution is 0.132. The van der Waals surface area contributed by atoms with Gasteiger partial charge in [0.1, 0.15) is 13.2 Å². The number of benzene rings is 3. The summed E-state index contributed by atoms with van der Waals surface area (Å²) in [6.07, 6.45) is 1.54. The van der Waals surface area contributed by atoms with Crippen molar-refractivity contribution >= 4 is 56.9 Å². The average Bonchev–Trinajstić information content (AvgIpc) is 2.73. The molecule has 4 nitrogen and oxygen atoms in total. The maximum absolute atomic E-state index is 9.09. The quantitative estimate of drug-likeness (QED) is 0.239. The van der Waals surface area contributed by atoms with E-state index in [0.29, 0.717) is 30.9 Å². The van der Waals surface area contributed by atoms with Crippen LogP contribution in [-0.4, -0.2) is 6.21 Å². The lowest BCUT2D eigenvalue weighted by Gasteiger charge is -2.11. The second kappa shape index (κ2) is 10.7. The van der Waals surface area contributed by atoms with E-state index >= 15 is 0 Å². The molecule has 0 unspecified atom stereocenters. The summed E-state index contributed by atoms with van der Waals surface area (Å²) >= 11 is 21.8. The number of hydrogen-bond donors (Lipinski definition) is 0. The van der Waals surface area contributed by atoms with E-state index < -0.39 is 0 Å². The Morgan fingerprint density at radius 3 is 2.50 bits per heavy atom. The first-order valence-corrected chi connectivity index (χ1v) is 10.6. The molecule has 30 heavy (non-hydrogen) atoms. The van der Waals surface area contributed by atoms with Gasteiger partial charge in [0.15, 0.2) is 5.75 Å². The molecule has 8 heteroatoms. The third kappa shape index (κ3) is 5.90. The molecule has 0 saturated carbocycles. The minimum atomic E-state index is 0.194. The highest BCUT2D eigenvalue weighted by atomic mass is 79.9. The molecule has 0 amide bonds. The molecular formula is C22H14BrCl3N2O2. The Balaban J connectivity index is 1.63. The first-order chi connectivity index (χ1) is 14.5. The molecule has 0 aliphatic carbocycles. The van der Waals surface area contributed by atoms with Gasteiger partial charge in [-0.2, -0.15) is 5.26 Å². The maximum Gasteiger partial charge on any atom is 0.152 e. The normalized spacial score (nSPS) is 10.8. The molecule has 0 aliphatic rings. The number of rotatable bonds is 7. The van der Waals surface area contributed by atoms with Crippen molar-refractivity contribution in [3.63, 3.8) is 0 Å². The van der Waals surface area contributed by atoms with E-state index in [1.54, 1.807) is 30.3 Å². The second-order valence-electron chi connectivity index (χ2n) is 6.13. The zero-order chi connectivity index (χ0) is 21.5. The highest BCUT2D eigenvalue weighted by molar-refractivity contribution is 9.10. The van der Waals surface area contributed by atoms with Crippen LogP contribution in [0.15, 0.2) is 64.2 Å². The largest absolute Gasteiger partial charge is 0.486 e. The molecule has 0 saturated heterocycles. The second-order valence-corrected chi connectivity index (χ2v) is 8.20. The number of nitrogens with zero attached hydrogens (tertiary/aromatic N) is 2. The Hall–Kier alpha value is -2.23. The topological polar surface area (TPSA) is 54.6 Å². The Kier molecular flexibility index (Phi) is 8.01. The molecule has 0 aliphatic heterocycles. The first kappa shape index (κ1) is 22.5. The van der Waals surface area contributed by atoms with Gasteiger partial charge in [0.25, 0.3) is 0 Å². The molecule has 0 aromatic heterocycles. The average molecular weight is 525 g/mol. The minimum absolute atomic E-state index is 0.194. The van der Waals surface area contributed by atoms with Gasteiger partial charge < -0.3 is 9.57 Å². The van der Waals surface area contributed by atoms with Gasteiger partial charge >= 0.3 is 0 Å². The molecule has 0 N–H and O–H groups in total. The van der Waals surface area contributed by atoms with Crippen molar-refractivity contribution < 1.29 is 9.57 Å². The third-order valence-corrected chi connectivity index (χ3v) is 5.63. The molecule has 3 rings (SSSR count). The minimum Gasteiger partial charge on any atom is -0.486 e. The highest BCUT2D eigenvalue weighted by Gasteiger charge is 2.10. The van der Waals surface area contributed by atoms with Crippen LogP contribution in [0, 0.1) is 11.3 Å². The summed E-state index contributed by atoms with van der Waals surface area (Å²) in [5.74, 6) is 0.503. The van der Waals surface area contributed by atoms with Crippen LogP contribution in [0.25, 0.3) is 0 Å². The number of oxime groups is 1. The van der Waals surface area contributed by atoms with Crippen LogP contribution in [-0.2, 0) is 18.1 Å². The molecule has 3 aromatic carbocycles. The predicted octanol–water partition coefficient (Wildman–Crippen LogP) is 7.41. The number of hydrogen-bond acceptors (Lipinski definition) is 4. The van der Waals surface area contributed by atoms with Crippen molar-refractivity contribution in [2.45, 2.75) is 13.2 Å². The molecule has 0 spiro atoms. The monoisotopic (exact) mass is 522 g/mol. The van der Waals surface area contributed by atoms with Crippen LogP contribution in [0.4, 0.5) is 0 Å². The lowest BCUT2D eigenvalue weighted by atomic mass is 10.1. The summed E-state index contributed by atoms with van der Waals surface area (Å²) < 4.78 is 6.50. The zero-order valence-electron chi connectivity index (χ0n) is 15.4. The molecule has 0 radical (unpaired) electrons. The Morgan fingerprint density at radius 2 is 1.77 bits per heavy atom. The summed E-state index contributed by atoms with van der Waals surface area (Å²) in [6, 6.07) is 18.1. The molecule has 0 bridgehead atoms. The summed E-state index contributed by atoms with van der Waals surface area (Å²) in [6.45, 7) is 0.476. The fourth-order valence-corrected chi connectivity index (χ4v) is 3.85. The fourth-order valence-electron chi connectivity index (χ4n) is 2.54. The SMILES string of the molecule is N#Cc1ccccc1CO/N=C\c1cc(Cl)c(OCc2ccc(Cl)c(Cl)c2)c(Br)c1. The van der Waals surface area contributed by atoms with E-state index in [1.807, 2.05) is 24.3 Å². The molecule has 0 fully saturated rings. The maximum atomic E-state index is 9.09. The van der Waals surface area contributed by atoms with Crippen molar-refractivity contribution in [1.82, 2.24) is 0 Å². The van der Waals surface area contributed by atoms with Crippen molar-refractivity contribution in [2.24, 2.45) is 5.16 Å². The molecular weight excluding hydrogens is 511 g/mol. The Morgan fingerprint density at radius 1 is 0.967 bits per heavy atom.